The van der Waals surface area contributed by atoms with E-state index >= 15 is 0 Å². The molecule has 0 aliphatic rings. The number of aromatic nitrogens is 1. The van der Waals surface area contributed by atoms with Gasteiger partial charge in [0.25, 0.3) is 5.91 Å². The summed E-state index contributed by atoms with van der Waals surface area (Å²) in [4.78, 5) is 15.2. The summed E-state index contributed by atoms with van der Waals surface area (Å²) < 4.78 is 5.15. The molecular weight excluding hydrogens is 278 g/mol. The summed E-state index contributed by atoms with van der Waals surface area (Å²) >= 11 is 5.83. The molecule has 0 aliphatic carbocycles. The molecule has 0 spiro atoms. The van der Waals surface area contributed by atoms with Gasteiger partial charge < -0.3 is 15.8 Å². The number of primary amides is 1. The van der Waals surface area contributed by atoms with Crippen LogP contribution in [0.15, 0.2) is 36.5 Å². The Labute approximate surface area is 121 Å². The Kier molecular flexibility index (Phi) is 4.42. The Hall–Kier alpha value is -2.27. The lowest BCUT2D eigenvalue weighted by Crippen LogP contribution is -2.15. The Morgan fingerprint density at radius 3 is 2.95 bits per heavy atom. The number of nitrogens with zero attached hydrogens (tertiary/aromatic N) is 1. The Morgan fingerprint density at radius 2 is 2.25 bits per heavy atom. The van der Waals surface area contributed by atoms with Crippen LogP contribution in [0.1, 0.15) is 15.9 Å². The number of ether oxygens (including phenoxy) is 1. The summed E-state index contributed by atoms with van der Waals surface area (Å²) in [7, 11) is 1.61. The van der Waals surface area contributed by atoms with Gasteiger partial charge in [-0.05, 0) is 23.8 Å². The minimum atomic E-state index is -0.553. The van der Waals surface area contributed by atoms with E-state index in [1.807, 2.05) is 24.3 Å². The van der Waals surface area contributed by atoms with Crippen molar-refractivity contribution in [3.63, 3.8) is 0 Å². The minimum Gasteiger partial charge on any atom is -0.497 e. The number of halogens is 1. The molecule has 3 N–H and O–H groups in total. The van der Waals surface area contributed by atoms with E-state index < -0.39 is 5.91 Å². The molecule has 0 saturated heterocycles. The first-order valence-corrected chi connectivity index (χ1v) is 6.30. The predicted octanol–water partition coefficient (Wildman–Crippen LogP) is 2.45. The first kappa shape index (κ1) is 14.1. The molecule has 1 heterocycles. The molecule has 0 aliphatic heterocycles. The molecule has 1 amide bonds. The van der Waals surface area contributed by atoms with Crippen LogP contribution < -0.4 is 15.8 Å². The molecule has 0 bridgehead atoms. The second-order valence-corrected chi connectivity index (χ2v) is 4.51. The van der Waals surface area contributed by atoms with Crippen LogP contribution in [0.4, 0.5) is 5.69 Å². The second kappa shape index (κ2) is 6.25. The van der Waals surface area contributed by atoms with Crippen LogP contribution in [0.5, 0.6) is 5.75 Å². The molecule has 0 radical (unpaired) electrons. The molecule has 1 aromatic heterocycles. The summed E-state index contributed by atoms with van der Waals surface area (Å²) in [6.45, 7) is 0.512. The Balaban J connectivity index is 2.17. The number of pyridine rings is 1. The van der Waals surface area contributed by atoms with Gasteiger partial charge in [0.2, 0.25) is 0 Å². The molecule has 0 unspecified atom stereocenters. The number of hydrogen-bond donors (Lipinski definition) is 2. The van der Waals surface area contributed by atoms with Gasteiger partial charge in [-0.15, -0.1) is 0 Å². The fourth-order valence-corrected chi connectivity index (χ4v) is 1.91. The lowest BCUT2D eigenvalue weighted by Gasteiger charge is -2.11. The van der Waals surface area contributed by atoms with Crippen LogP contribution in [0.3, 0.4) is 0 Å². The topological polar surface area (TPSA) is 77.2 Å². The van der Waals surface area contributed by atoms with Crippen molar-refractivity contribution in [1.29, 1.82) is 0 Å². The first-order valence-electron chi connectivity index (χ1n) is 5.92. The van der Waals surface area contributed by atoms with Crippen molar-refractivity contribution in [2.45, 2.75) is 6.54 Å². The zero-order valence-electron chi connectivity index (χ0n) is 10.9. The van der Waals surface area contributed by atoms with Crippen molar-refractivity contribution in [3.05, 3.63) is 52.8 Å². The number of methoxy groups -OCH3 is 1. The largest absolute Gasteiger partial charge is 0.497 e. The second-order valence-electron chi connectivity index (χ2n) is 4.12. The maximum atomic E-state index is 11.3. The van der Waals surface area contributed by atoms with Gasteiger partial charge in [-0.2, -0.15) is 0 Å². The van der Waals surface area contributed by atoms with E-state index in [0.717, 1.165) is 11.3 Å². The van der Waals surface area contributed by atoms with Gasteiger partial charge in [-0.25, -0.2) is 4.98 Å². The van der Waals surface area contributed by atoms with E-state index in [-0.39, 0.29) is 0 Å². The third-order valence-electron chi connectivity index (χ3n) is 2.75. The lowest BCUT2D eigenvalue weighted by atomic mass is 10.2. The third-order valence-corrected chi connectivity index (χ3v) is 2.96. The fourth-order valence-electron chi connectivity index (χ4n) is 1.75. The standard InChI is InChI=1S/C14H14ClN3O2/c1-20-10-4-2-3-9(5-10)7-17-12-6-13(15)18-8-11(12)14(16)19/h2-6,8H,7H2,1H3,(H2,16,19)(H,17,18). The number of amides is 1. The number of benzene rings is 1. The first-order chi connectivity index (χ1) is 9.60. The van der Waals surface area contributed by atoms with Crippen LogP contribution in [0.2, 0.25) is 5.15 Å². The van der Waals surface area contributed by atoms with Crippen molar-refractivity contribution < 1.29 is 9.53 Å². The summed E-state index contributed by atoms with van der Waals surface area (Å²) in [5.74, 6) is 0.217. The van der Waals surface area contributed by atoms with E-state index in [1.165, 1.54) is 6.20 Å². The van der Waals surface area contributed by atoms with Crippen molar-refractivity contribution >= 4 is 23.2 Å². The smallest absolute Gasteiger partial charge is 0.252 e. The molecule has 104 valence electrons. The van der Waals surface area contributed by atoms with Gasteiger partial charge in [-0.3, -0.25) is 4.79 Å². The van der Waals surface area contributed by atoms with Gasteiger partial charge in [0.15, 0.2) is 0 Å². The quantitative estimate of drug-likeness (QED) is 0.830. The molecule has 2 aromatic rings. The number of nitrogens with two attached hydrogens (primary N) is 1. The minimum absolute atomic E-state index is 0.295. The van der Waals surface area contributed by atoms with Gasteiger partial charge >= 0.3 is 0 Å². The number of carbonyl (C=O) groups excluding carboxylic acids is 1. The highest BCUT2D eigenvalue weighted by atomic mass is 35.5. The van der Waals surface area contributed by atoms with Crippen LogP contribution in [0, 0.1) is 0 Å². The van der Waals surface area contributed by atoms with Gasteiger partial charge in [0.05, 0.1) is 18.4 Å². The average Bonchev–Trinajstić information content (AvgIpc) is 2.45. The third kappa shape index (κ3) is 3.39. The Bertz CT molecular complexity index is 632. The van der Waals surface area contributed by atoms with Crippen molar-refractivity contribution in [1.82, 2.24) is 4.98 Å². The number of nitrogens with one attached hydrogen (secondary N) is 1. The SMILES string of the molecule is COc1cccc(CNc2cc(Cl)ncc2C(N)=O)c1. The molecule has 0 saturated carbocycles. The highest BCUT2D eigenvalue weighted by Crippen LogP contribution is 2.20. The summed E-state index contributed by atoms with van der Waals surface area (Å²) in [6, 6.07) is 9.18. The molecule has 6 heteroatoms. The van der Waals surface area contributed by atoms with E-state index in [2.05, 4.69) is 10.3 Å². The number of carbonyl (C=O) groups is 1. The highest BCUT2D eigenvalue weighted by molar-refractivity contribution is 6.29. The Morgan fingerprint density at radius 1 is 1.45 bits per heavy atom. The fraction of sp³-hybridized carbons (Fsp3) is 0.143. The average molecular weight is 292 g/mol. The number of rotatable bonds is 5. The molecule has 2 rings (SSSR count). The van der Waals surface area contributed by atoms with E-state index in [4.69, 9.17) is 22.1 Å². The van der Waals surface area contributed by atoms with Crippen molar-refractivity contribution in [2.75, 3.05) is 12.4 Å². The van der Waals surface area contributed by atoms with Gasteiger partial charge in [0, 0.05) is 12.7 Å². The zero-order chi connectivity index (χ0) is 14.5. The predicted molar refractivity (Wildman–Crippen MR) is 78.1 cm³/mol. The van der Waals surface area contributed by atoms with Crippen LogP contribution in [-0.4, -0.2) is 18.0 Å². The molecule has 1 aromatic carbocycles. The molecule has 5 nitrogen and oxygen atoms in total. The maximum absolute atomic E-state index is 11.3. The number of anilines is 1. The van der Waals surface area contributed by atoms with E-state index in [9.17, 15) is 4.79 Å². The van der Waals surface area contributed by atoms with Crippen LogP contribution >= 0.6 is 11.6 Å². The van der Waals surface area contributed by atoms with E-state index in [1.54, 1.807) is 13.2 Å². The monoisotopic (exact) mass is 291 g/mol. The van der Waals surface area contributed by atoms with Crippen LogP contribution in [-0.2, 0) is 6.54 Å². The molecule has 0 atom stereocenters. The van der Waals surface area contributed by atoms with Crippen molar-refractivity contribution in [3.8, 4) is 5.75 Å². The van der Waals surface area contributed by atoms with Gasteiger partial charge in [-0.1, -0.05) is 23.7 Å². The van der Waals surface area contributed by atoms with Crippen LogP contribution in [0.25, 0.3) is 0 Å². The lowest BCUT2D eigenvalue weighted by molar-refractivity contribution is 0.100. The molecule has 0 fully saturated rings. The van der Waals surface area contributed by atoms with Gasteiger partial charge in [0.1, 0.15) is 10.9 Å². The van der Waals surface area contributed by atoms with Crippen molar-refractivity contribution in [2.24, 2.45) is 5.73 Å². The highest BCUT2D eigenvalue weighted by Gasteiger charge is 2.09. The normalized spacial score (nSPS) is 10.1. The number of hydrogen-bond acceptors (Lipinski definition) is 4. The summed E-state index contributed by atoms with van der Waals surface area (Å²) in [5, 5.41) is 3.42. The van der Waals surface area contributed by atoms with E-state index in [0.29, 0.717) is 22.9 Å². The summed E-state index contributed by atoms with van der Waals surface area (Å²) in [6.07, 6.45) is 1.36. The summed E-state index contributed by atoms with van der Waals surface area (Å²) in [5.41, 5.74) is 7.16. The molecule has 20 heavy (non-hydrogen) atoms. The molecular formula is C14H14ClN3O2. The maximum Gasteiger partial charge on any atom is 0.252 e. The zero-order valence-corrected chi connectivity index (χ0v) is 11.6.